The second-order valence-electron chi connectivity index (χ2n) is 4.13. The van der Waals surface area contributed by atoms with Gasteiger partial charge in [-0.25, -0.2) is 4.98 Å². The summed E-state index contributed by atoms with van der Waals surface area (Å²) in [5, 5.41) is 4.88. The van der Waals surface area contributed by atoms with Crippen LogP contribution in [0.2, 0.25) is 0 Å². The summed E-state index contributed by atoms with van der Waals surface area (Å²) in [7, 11) is 0. The highest BCUT2D eigenvalue weighted by atomic mass is 32.2. The van der Waals surface area contributed by atoms with E-state index in [0.29, 0.717) is 12.1 Å². The van der Waals surface area contributed by atoms with Gasteiger partial charge in [0.15, 0.2) is 0 Å². The van der Waals surface area contributed by atoms with E-state index >= 15 is 0 Å². The monoisotopic (exact) mass is 242 g/mol. The third kappa shape index (κ3) is 2.74. The highest BCUT2D eigenvalue weighted by Gasteiger charge is 2.20. The van der Waals surface area contributed by atoms with Crippen molar-refractivity contribution in [2.24, 2.45) is 0 Å². The summed E-state index contributed by atoms with van der Waals surface area (Å²) < 4.78 is 0. The van der Waals surface area contributed by atoms with Crippen molar-refractivity contribution < 1.29 is 0 Å². The number of nitrogens with one attached hydrogen (secondary N) is 1. The molecule has 0 spiro atoms. The van der Waals surface area contributed by atoms with E-state index in [-0.39, 0.29) is 0 Å². The average molecular weight is 242 g/mol. The van der Waals surface area contributed by atoms with Gasteiger partial charge in [0.05, 0.1) is 10.7 Å². The lowest BCUT2D eigenvalue weighted by atomic mass is 10.2. The van der Waals surface area contributed by atoms with E-state index in [1.165, 1.54) is 33.5 Å². The van der Waals surface area contributed by atoms with E-state index in [9.17, 15) is 0 Å². The second kappa shape index (κ2) is 4.85. The highest BCUT2D eigenvalue weighted by molar-refractivity contribution is 7.99. The summed E-state index contributed by atoms with van der Waals surface area (Å²) in [5.41, 5.74) is 1.20. The number of rotatable bonds is 3. The van der Waals surface area contributed by atoms with Crippen LogP contribution in [0.5, 0.6) is 0 Å². The van der Waals surface area contributed by atoms with E-state index < -0.39 is 0 Å². The molecule has 0 radical (unpaired) electrons. The van der Waals surface area contributed by atoms with Crippen molar-refractivity contribution in [2.45, 2.75) is 39.3 Å². The molecule has 0 saturated carbocycles. The minimum absolute atomic E-state index is 0.458. The van der Waals surface area contributed by atoms with Crippen molar-refractivity contribution in [3.8, 4) is 0 Å². The van der Waals surface area contributed by atoms with E-state index in [0.717, 1.165) is 0 Å². The topological polar surface area (TPSA) is 24.9 Å². The number of aryl methyl sites for hydroxylation is 2. The fourth-order valence-electron chi connectivity index (χ4n) is 2.04. The SMILES string of the molecule is Cc1nc(C)c(C(C)NC2CCSC2)s1. The van der Waals surface area contributed by atoms with E-state index in [1.54, 1.807) is 0 Å². The van der Waals surface area contributed by atoms with Crippen molar-refractivity contribution in [1.29, 1.82) is 0 Å². The number of nitrogens with zero attached hydrogens (tertiary/aromatic N) is 1. The van der Waals surface area contributed by atoms with Gasteiger partial charge in [0.1, 0.15) is 0 Å². The molecule has 1 saturated heterocycles. The first kappa shape index (κ1) is 11.4. The molecule has 2 atom stereocenters. The maximum Gasteiger partial charge on any atom is 0.0900 e. The first-order valence-corrected chi connectivity index (χ1v) is 7.41. The van der Waals surface area contributed by atoms with Crippen LogP contribution in [0, 0.1) is 13.8 Å². The Balaban J connectivity index is 2.00. The van der Waals surface area contributed by atoms with E-state index in [2.05, 4.69) is 42.8 Å². The van der Waals surface area contributed by atoms with Crippen molar-refractivity contribution in [3.63, 3.8) is 0 Å². The molecule has 1 fully saturated rings. The van der Waals surface area contributed by atoms with Crippen LogP contribution in [-0.2, 0) is 0 Å². The fraction of sp³-hybridized carbons (Fsp3) is 0.727. The number of hydrogen-bond acceptors (Lipinski definition) is 4. The van der Waals surface area contributed by atoms with Gasteiger partial charge >= 0.3 is 0 Å². The Morgan fingerprint density at radius 1 is 1.47 bits per heavy atom. The number of aromatic nitrogens is 1. The summed E-state index contributed by atoms with van der Waals surface area (Å²) in [6.07, 6.45) is 1.31. The number of hydrogen-bond donors (Lipinski definition) is 1. The molecule has 84 valence electrons. The molecule has 2 rings (SSSR count). The molecule has 0 aliphatic carbocycles. The van der Waals surface area contributed by atoms with Gasteiger partial charge in [-0.2, -0.15) is 11.8 Å². The van der Waals surface area contributed by atoms with Crippen LogP contribution >= 0.6 is 23.1 Å². The Bertz CT molecular complexity index is 329. The van der Waals surface area contributed by atoms with Gasteiger partial charge in [-0.05, 0) is 32.9 Å². The van der Waals surface area contributed by atoms with E-state index in [4.69, 9.17) is 0 Å². The molecule has 0 aromatic carbocycles. The lowest BCUT2D eigenvalue weighted by Crippen LogP contribution is -2.31. The Hall–Kier alpha value is -0.0600. The molecule has 0 bridgehead atoms. The molecule has 2 nitrogen and oxygen atoms in total. The van der Waals surface area contributed by atoms with Crippen LogP contribution < -0.4 is 5.32 Å². The summed E-state index contributed by atoms with van der Waals surface area (Å²) in [4.78, 5) is 5.89. The van der Waals surface area contributed by atoms with Crippen molar-refractivity contribution >= 4 is 23.1 Å². The third-order valence-corrected chi connectivity index (χ3v) is 5.17. The Morgan fingerprint density at radius 2 is 2.27 bits per heavy atom. The molecule has 15 heavy (non-hydrogen) atoms. The van der Waals surface area contributed by atoms with Gasteiger partial charge in [0, 0.05) is 22.7 Å². The van der Waals surface area contributed by atoms with Crippen LogP contribution in [-0.4, -0.2) is 22.5 Å². The normalized spacial score (nSPS) is 23.3. The highest BCUT2D eigenvalue weighted by Crippen LogP contribution is 2.26. The van der Waals surface area contributed by atoms with Crippen LogP contribution in [0.15, 0.2) is 0 Å². The number of thiazole rings is 1. The lowest BCUT2D eigenvalue weighted by molar-refractivity contribution is 0.489. The molecule has 0 amide bonds. The second-order valence-corrected chi connectivity index (χ2v) is 6.52. The minimum Gasteiger partial charge on any atom is -0.306 e. The maximum atomic E-state index is 4.48. The molecule has 1 aliphatic heterocycles. The first-order valence-electron chi connectivity index (χ1n) is 5.44. The van der Waals surface area contributed by atoms with Crippen molar-refractivity contribution in [2.75, 3.05) is 11.5 Å². The zero-order valence-corrected chi connectivity index (χ0v) is 11.2. The summed E-state index contributed by atoms with van der Waals surface area (Å²) in [6.45, 7) is 6.45. The fourth-order valence-corrected chi connectivity index (χ4v) is 4.15. The standard InChI is InChI=1S/C11H18N2S2/c1-7-11(15-9(3)12-7)8(2)13-10-4-5-14-6-10/h8,10,13H,4-6H2,1-3H3. The Morgan fingerprint density at radius 3 is 2.80 bits per heavy atom. The van der Waals surface area contributed by atoms with Gasteiger partial charge in [0.25, 0.3) is 0 Å². The third-order valence-electron chi connectivity index (χ3n) is 2.75. The average Bonchev–Trinajstić information content (AvgIpc) is 2.75. The molecule has 1 N–H and O–H groups in total. The molecule has 2 heterocycles. The van der Waals surface area contributed by atoms with Crippen LogP contribution in [0.4, 0.5) is 0 Å². The Labute approximate surface area is 99.9 Å². The van der Waals surface area contributed by atoms with Crippen LogP contribution in [0.3, 0.4) is 0 Å². The van der Waals surface area contributed by atoms with Crippen LogP contribution in [0.1, 0.15) is 35.0 Å². The van der Waals surface area contributed by atoms with Gasteiger partial charge in [0.2, 0.25) is 0 Å². The number of thioether (sulfide) groups is 1. The summed E-state index contributed by atoms with van der Waals surface area (Å²) >= 11 is 3.88. The lowest BCUT2D eigenvalue weighted by Gasteiger charge is -2.17. The predicted octanol–water partition coefficient (Wildman–Crippen LogP) is 2.92. The zero-order chi connectivity index (χ0) is 10.8. The van der Waals surface area contributed by atoms with Crippen molar-refractivity contribution in [1.82, 2.24) is 10.3 Å². The van der Waals surface area contributed by atoms with Gasteiger partial charge in [-0.1, -0.05) is 0 Å². The zero-order valence-electron chi connectivity index (χ0n) is 9.54. The van der Waals surface area contributed by atoms with Crippen molar-refractivity contribution in [3.05, 3.63) is 15.6 Å². The summed E-state index contributed by atoms with van der Waals surface area (Å²) in [5.74, 6) is 2.58. The molecule has 1 aromatic rings. The predicted molar refractivity (Wildman–Crippen MR) is 68.9 cm³/mol. The quantitative estimate of drug-likeness (QED) is 0.882. The van der Waals surface area contributed by atoms with Crippen LogP contribution in [0.25, 0.3) is 0 Å². The molecule has 1 aromatic heterocycles. The largest absolute Gasteiger partial charge is 0.306 e. The summed E-state index contributed by atoms with van der Waals surface area (Å²) in [6, 6.07) is 1.16. The smallest absolute Gasteiger partial charge is 0.0900 e. The molecular formula is C11H18N2S2. The van der Waals surface area contributed by atoms with Gasteiger partial charge in [-0.15, -0.1) is 11.3 Å². The van der Waals surface area contributed by atoms with Gasteiger partial charge in [-0.3, -0.25) is 0 Å². The van der Waals surface area contributed by atoms with Gasteiger partial charge < -0.3 is 5.32 Å². The molecule has 1 aliphatic rings. The molecule has 4 heteroatoms. The first-order chi connectivity index (χ1) is 7.16. The maximum absolute atomic E-state index is 4.48. The minimum atomic E-state index is 0.458. The van der Waals surface area contributed by atoms with E-state index in [1.807, 2.05) is 11.3 Å². The molecular weight excluding hydrogens is 224 g/mol. The Kier molecular flexibility index (Phi) is 3.69. The molecule has 2 unspecified atom stereocenters.